The maximum Gasteiger partial charge on any atom is 0.0361 e. The van der Waals surface area contributed by atoms with Gasteiger partial charge in [-0.05, 0) is 41.8 Å². The van der Waals surface area contributed by atoms with Crippen LogP contribution in [-0.4, -0.2) is 19.1 Å². The molecule has 0 bridgehead atoms. The number of benzene rings is 1. The van der Waals surface area contributed by atoms with Crippen molar-refractivity contribution in [1.82, 2.24) is 4.98 Å². The number of hydrogen-bond donors (Lipinski definition) is 0. The standard InChI is InChI=1S/C14H16N2/c1-16(2)14-5-3-12(4-6-14)11-13-7-9-15-10-8-13/h3-10H,11H2,1-2H3. The van der Waals surface area contributed by atoms with Crippen LogP contribution in [0.2, 0.25) is 0 Å². The van der Waals surface area contributed by atoms with E-state index in [0.717, 1.165) is 6.42 Å². The van der Waals surface area contributed by atoms with Gasteiger partial charge in [0.1, 0.15) is 0 Å². The molecule has 0 N–H and O–H groups in total. The average molecular weight is 212 g/mol. The van der Waals surface area contributed by atoms with E-state index in [0.29, 0.717) is 0 Å². The third kappa shape index (κ3) is 2.60. The fourth-order valence-electron chi connectivity index (χ4n) is 1.65. The van der Waals surface area contributed by atoms with Gasteiger partial charge in [0.2, 0.25) is 0 Å². The fourth-order valence-corrected chi connectivity index (χ4v) is 1.65. The summed E-state index contributed by atoms with van der Waals surface area (Å²) < 4.78 is 0. The zero-order valence-electron chi connectivity index (χ0n) is 9.72. The molecule has 0 saturated carbocycles. The van der Waals surface area contributed by atoms with Gasteiger partial charge in [-0.25, -0.2) is 0 Å². The molecule has 0 fully saturated rings. The summed E-state index contributed by atoms with van der Waals surface area (Å²) in [6.07, 6.45) is 4.64. The van der Waals surface area contributed by atoms with Crippen molar-refractivity contribution in [2.75, 3.05) is 19.0 Å². The summed E-state index contributed by atoms with van der Waals surface area (Å²) in [5.41, 5.74) is 3.86. The molecule has 1 aromatic heterocycles. The van der Waals surface area contributed by atoms with E-state index in [-0.39, 0.29) is 0 Å². The Balaban J connectivity index is 2.11. The third-order valence-corrected chi connectivity index (χ3v) is 2.61. The van der Waals surface area contributed by atoms with Gasteiger partial charge in [-0.15, -0.1) is 0 Å². The molecule has 0 aliphatic rings. The van der Waals surface area contributed by atoms with Crippen LogP contribution in [0.25, 0.3) is 0 Å². The van der Waals surface area contributed by atoms with Gasteiger partial charge in [0.15, 0.2) is 0 Å². The van der Waals surface area contributed by atoms with Crippen LogP contribution in [0.1, 0.15) is 11.1 Å². The van der Waals surface area contributed by atoms with Crippen molar-refractivity contribution < 1.29 is 0 Å². The molecular weight excluding hydrogens is 196 g/mol. The van der Waals surface area contributed by atoms with Crippen molar-refractivity contribution in [2.45, 2.75) is 6.42 Å². The van der Waals surface area contributed by atoms with E-state index in [4.69, 9.17) is 0 Å². The van der Waals surface area contributed by atoms with Crippen molar-refractivity contribution >= 4 is 5.69 Å². The van der Waals surface area contributed by atoms with Crippen LogP contribution in [0.3, 0.4) is 0 Å². The van der Waals surface area contributed by atoms with Gasteiger partial charge in [-0.3, -0.25) is 4.98 Å². The Labute approximate surface area is 96.6 Å². The molecule has 1 heterocycles. The lowest BCUT2D eigenvalue weighted by atomic mass is 10.1. The van der Waals surface area contributed by atoms with E-state index in [9.17, 15) is 0 Å². The zero-order valence-corrected chi connectivity index (χ0v) is 9.72. The van der Waals surface area contributed by atoms with Crippen LogP contribution < -0.4 is 4.90 Å². The van der Waals surface area contributed by atoms with Gasteiger partial charge < -0.3 is 4.90 Å². The first-order chi connectivity index (χ1) is 7.75. The maximum atomic E-state index is 4.02. The summed E-state index contributed by atoms with van der Waals surface area (Å²) in [6, 6.07) is 12.8. The van der Waals surface area contributed by atoms with E-state index < -0.39 is 0 Å². The lowest BCUT2D eigenvalue weighted by Crippen LogP contribution is -2.08. The summed E-state index contributed by atoms with van der Waals surface area (Å²) in [6.45, 7) is 0. The van der Waals surface area contributed by atoms with Gasteiger partial charge in [-0.1, -0.05) is 12.1 Å². The minimum absolute atomic E-state index is 0.968. The SMILES string of the molecule is CN(C)c1ccc(Cc2ccncc2)cc1. The number of aromatic nitrogens is 1. The van der Waals surface area contributed by atoms with Crippen LogP contribution >= 0.6 is 0 Å². The topological polar surface area (TPSA) is 16.1 Å². The van der Waals surface area contributed by atoms with Crippen LogP contribution in [0.4, 0.5) is 5.69 Å². The molecule has 0 radical (unpaired) electrons. The van der Waals surface area contributed by atoms with Crippen LogP contribution in [0.5, 0.6) is 0 Å². The van der Waals surface area contributed by atoms with Crippen LogP contribution in [-0.2, 0) is 6.42 Å². The van der Waals surface area contributed by atoms with E-state index in [1.807, 2.05) is 12.4 Å². The molecule has 0 atom stereocenters. The molecule has 0 amide bonds. The molecule has 0 aliphatic carbocycles. The Hall–Kier alpha value is -1.83. The zero-order chi connectivity index (χ0) is 11.4. The van der Waals surface area contributed by atoms with Crippen molar-refractivity contribution in [3.63, 3.8) is 0 Å². The number of nitrogens with zero attached hydrogens (tertiary/aromatic N) is 2. The molecule has 16 heavy (non-hydrogen) atoms. The van der Waals surface area contributed by atoms with Gasteiger partial charge in [0.25, 0.3) is 0 Å². The van der Waals surface area contributed by atoms with Gasteiger partial charge >= 0.3 is 0 Å². The molecule has 0 spiro atoms. The highest BCUT2D eigenvalue weighted by Gasteiger charge is 1.97. The quantitative estimate of drug-likeness (QED) is 0.777. The van der Waals surface area contributed by atoms with Gasteiger partial charge in [0.05, 0.1) is 0 Å². The molecule has 0 saturated heterocycles. The van der Waals surface area contributed by atoms with E-state index >= 15 is 0 Å². The predicted molar refractivity (Wildman–Crippen MR) is 67.8 cm³/mol. The van der Waals surface area contributed by atoms with Crippen LogP contribution in [0.15, 0.2) is 48.8 Å². The highest BCUT2D eigenvalue weighted by Crippen LogP contribution is 2.14. The number of pyridine rings is 1. The molecule has 1 aromatic carbocycles. The average Bonchev–Trinajstić information content (AvgIpc) is 2.31. The van der Waals surface area contributed by atoms with Crippen molar-refractivity contribution in [3.05, 3.63) is 59.9 Å². The molecule has 82 valence electrons. The molecule has 0 unspecified atom stereocenters. The van der Waals surface area contributed by atoms with E-state index in [2.05, 4.69) is 60.4 Å². The predicted octanol–water partition coefficient (Wildman–Crippen LogP) is 2.74. The number of anilines is 1. The second-order valence-electron chi connectivity index (χ2n) is 4.09. The second kappa shape index (κ2) is 4.79. The van der Waals surface area contributed by atoms with E-state index in [1.165, 1.54) is 16.8 Å². The fraction of sp³-hybridized carbons (Fsp3) is 0.214. The van der Waals surface area contributed by atoms with Crippen LogP contribution in [0, 0.1) is 0 Å². The first-order valence-corrected chi connectivity index (χ1v) is 5.41. The first kappa shape index (κ1) is 10.7. The van der Waals surface area contributed by atoms with Crippen molar-refractivity contribution in [2.24, 2.45) is 0 Å². The molecule has 2 nitrogen and oxygen atoms in total. The van der Waals surface area contributed by atoms with Crippen molar-refractivity contribution in [3.8, 4) is 0 Å². The lowest BCUT2D eigenvalue weighted by Gasteiger charge is -2.12. The minimum atomic E-state index is 0.968. The largest absolute Gasteiger partial charge is 0.378 e. The third-order valence-electron chi connectivity index (χ3n) is 2.61. The first-order valence-electron chi connectivity index (χ1n) is 5.41. The normalized spacial score (nSPS) is 10.1. The number of hydrogen-bond acceptors (Lipinski definition) is 2. The highest BCUT2D eigenvalue weighted by atomic mass is 15.1. The smallest absolute Gasteiger partial charge is 0.0361 e. The van der Waals surface area contributed by atoms with E-state index in [1.54, 1.807) is 0 Å². The molecule has 2 heteroatoms. The maximum absolute atomic E-state index is 4.02. The Morgan fingerprint density at radius 3 is 2.00 bits per heavy atom. The Kier molecular flexibility index (Phi) is 3.20. The molecule has 0 aliphatic heterocycles. The summed E-state index contributed by atoms with van der Waals surface area (Å²) in [4.78, 5) is 6.13. The Bertz CT molecular complexity index is 432. The Morgan fingerprint density at radius 2 is 1.44 bits per heavy atom. The molecular formula is C14H16N2. The minimum Gasteiger partial charge on any atom is -0.378 e. The summed E-state index contributed by atoms with van der Waals surface area (Å²) in [7, 11) is 4.11. The van der Waals surface area contributed by atoms with Crippen molar-refractivity contribution in [1.29, 1.82) is 0 Å². The second-order valence-corrected chi connectivity index (χ2v) is 4.09. The summed E-state index contributed by atoms with van der Waals surface area (Å²) in [5.74, 6) is 0. The number of rotatable bonds is 3. The highest BCUT2D eigenvalue weighted by molar-refractivity contribution is 5.46. The summed E-state index contributed by atoms with van der Waals surface area (Å²) >= 11 is 0. The molecule has 2 rings (SSSR count). The monoisotopic (exact) mass is 212 g/mol. The van der Waals surface area contributed by atoms with Gasteiger partial charge in [-0.2, -0.15) is 0 Å². The Morgan fingerprint density at radius 1 is 0.875 bits per heavy atom. The van der Waals surface area contributed by atoms with Gasteiger partial charge in [0, 0.05) is 32.2 Å². The summed E-state index contributed by atoms with van der Waals surface area (Å²) in [5, 5.41) is 0. The lowest BCUT2D eigenvalue weighted by molar-refractivity contribution is 1.12. The molecule has 2 aromatic rings.